The topological polar surface area (TPSA) is 76.9 Å². The lowest BCUT2D eigenvalue weighted by atomic mass is 10.1. The molecule has 7 heteroatoms. The van der Waals surface area contributed by atoms with E-state index in [1.165, 1.54) is 22.2 Å². The van der Waals surface area contributed by atoms with Gasteiger partial charge in [0, 0.05) is 19.4 Å². The Balaban J connectivity index is 1.94. The normalized spacial score (nSPS) is 12.3. The van der Waals surface area contributed by atoms with Crippen molar-refractivity contribution in [2.24, 2.45) is 7.05 Å². The highest BCUT2D eigenvalue weighted by atomic mass is 32.1. The zero-order valence-corrected chi connectivity index (χ0v) is 13.8. The van der Waals surface area contributed by atoms with Gasteiger partial charge in [0.2, 0.25) is 0 Å². The van der Waals surface area contributed by atoms with Gasteiger partial charge in [-0.05, 0) is 37.1 Å². The maximum atomic E-state index is 12.6. The van der Waals surface area contributed by atoms with Crippen molar-refractivity contribution in [1.82, 2.24) is 19.9 Å². The van der Waals surface area contributed by atoms with E-state index in [0.29, 0.717) is 20.7 Å². The summed E-state index contributed by atoms with van der Waals surface area (Å²) in [5.41, 5.74) is 1.52. The first-order chi connectivity index (χ1) is 11.0. The van der Waals surface area contributed by atoms with Gasteiger partial charge in [0.1, 0.15) is 4.83 Å². The van der Waals surface area contributed by atoms with E-state index >= 15 is 0 Å². The Hall–Kier alpha value is -2.54. The van der Waals surface area contributed by atoms with Crippen LogP contribution in [0.15, 0.2) is 35.6 Å². The van der Waals surface area contributed by atoms with Crippen LogP contribution in [0.4, 0.5) is 0 Å². The molecule has 0 saturated carbocycles. The summed E-state index contributed by atoms with van der Waals surface area (Å²) >= 11 is 1.24. The summed E-state index contributed by atoms with van der Waals surface area (Å²) in [6, 6.07) is 3.57. The monoisotopic (exact) mass is 328 g/mol. The van der Waals surface area contributed by atoms with Gasteiger partial charge in [0.25, 0.3) is 11.5 Å². The van der Waals surface area contributed by atoms with Gasteiger partial charge in [-0.25, -0.2) is 4.98 Å². The highest BCUT2D eigenvalue weighted by Crippen LogP contribution is 2.27. The van der Waals surface area contributed by atoms with Crippen molar-refractivity contribution in [3.8, 4) is 0 Å². The standard InChI is InChI=1S/C16H16N4O2S/c1-9-12-15(18-8-20(3)16(12)22)23-13(9)14(21)19-10(2)11-4-6-17-7-5-11/h4-8,10H,1-3H3,(H,19,21)/t10-/m1/s1. The quantitative estimate of drug-likeness (QED) is 0.799. The molecule has 3 rings (SSSR count). The fraction of sp³-hybridized carbons (Fsp3) is 0.250. The van der Waals surface area contributed by atoms with Gasteiger partial charge in [-0.3, -0.25) is 14.6 Å². The van der Waals surface area contributed by atoms with Crippen LogP contribution in [-0.4, -0.2) is 20.4 Å². The number of fused-ring (bicyclic) bond motifs is 1. The van der Waals surface area contributed by atoms with Gasteiger partial charge in [0.15, 0.2) is 0 Å². The molecule has 0 aliphatic heterocycles. The third-order valence-corrected chi connectivity index (χ3v) is 4.97. The van der Waals surface area contributed by atoms with Crippen molar-refractivity contribution >= 4 is 27.5 Å². The molecule has 0 aliphatic carbocycles. The van der Waals surface area contributed by atoms with Crippen LogP contribution in [0.5, 0.6) is 0 Å². The first kappa shape index (κ1) is 15.4. The maximum Gasteiger partial charge on any atom is 0.262 e. The lowest BCUT2D eigenvalue weighted by molar-refractivity contribution is 0.0943. The summed E-state index contributed by atoms with van der Waals surface area (Å²) in [4.78, 5) is 34.1. The van der Waals surface area contributed by atoms with Crippen LogP contribution >= 0.6 is 11.3 Å². The summed E-state index contributed by atoms with van der Waals surface area (Å²) in [5.74, 6) is -0.197. The largest absolute Gasteiger partial charge is 0.345 e. The third kappa shape index (κ3) is 2.75. The third-order valence-electron chi connectivity index (χ3n) is 3.77. The average molecular weight is 328 g/mol. The molecule has 6 nitrogen and oxygen atoms in total. The number of carbonyl (C=O) groups is 1. The van der Waals surface area contributed by atoms with E-state index < -0.39 is 0 Å². The Morgan fingerprint density at radius 2 is 2.04 bits per heavy atom. The Labute approximate surface area is 136 Å². The summed E-state index contributed by atoms with van der Waals surface area (Å²) in [6.07, 6.45) is 4.86. The second-order valence-electron chi connectivity index (χ2n) is 5.37. The Kier molecular flexibility index (Phi) is 3.96. The fourth-order valence-electron chi connectivity index (χ4n) is 2.42. The lowest BCUT2D eigenvalue weighted by Crippen LogP contribution is -2.26. The molecule has 1 N–H and O–H groups in total. The van der Waals surface area contributed by atoms with Gasteiger partial charge >= 0.3 is 0 Å². The molecule has 0 bridgehead atoms. The minimum atomic E-state index is -0.197. The number of pyridine rings is 1. The molecule has 0 unspecified atom stereocenters. The van der Waals surface area contributed by atoms with Crippen LogP contribution in [0.2, 0.25) is 0 Å². The summed E-state index contributed by atoms with van der Waals surface area (Å²) < 4.78 is 1.42. The number of thiophene rings is 1. The molecule has 0 saturated heterocycles. The van der Waals surface area contributed by atoms with Crippen LogP contribution in [-0.2, 0) is 7.05 Å². The number of hydrogen-bond donors (Lipinski definition) is 1. The molecule has 23 heavy (non-hydrogen) atoms. The van der Waals surface area contributed by atoms with E-state index in [0.717, 1.165) is 5.56 Å². The SMILES string of the molecule is Cc1c(C(=O)N[C@H](C)c2ccncc2)sc2ncn(C)c(=O)c12. The van der Waals surface area contributed by atoms with Crippen LogP contribution < -0.4 is 10.9 Å². The summed E-state index contributed by atoms with van der Waals surface area (Å²) in [5, 5.41) is 3.47. The van der Waals surface area contributed by atoms with Crippen molar-refractivity contribution < 1.29 is 4.79 Å². The van der Waals surface area contributed by atoms with Crippen molar-refractivity contribution in [3.63, 3.8) is 0 Å². The van der Waals surface area contributed by atoms with Crippen LogP contribution in [0.1, 0.15) is 33.8 Å². The number of aryl methyl sites for hydroxylation is 2. The second kappa shape index (κ2) is 5.92. The molecule has 118 valence electrons. The molecule has 0 aromatic carbocycles. The van der Waals surface area contributed by atoms with Crippen LogP contribution in [0.25, 0.3) is 10.2 Å². The number of nitrogens with zero attached hydrogens (tertiary/aromatic N) is 3. The van der Waals surface area contributed by atoms with E-state index in [2.05, 4.69) is 15.3 Å². The highest BCUT2D eigenvalue weighted by Gasteiger charge is 2.20. The van der Waals surface area contributed by atoms with Gasteiger partial charge in [0.05, 0.1) is 22.6 Å². The molecule has 0 aliphatic rings. The predicted octanol–water partition coefficient (Wildman–Crippen LogP) is 2.19. The number of aromatic nitrogens is 3. The van der Waals surface area contributed by atoms with E-state index in [1.54, 1.807) is 26.4 Å². The lowest BCUT2D eigenvalue weighted by Gasteiger charge is -2.13. The highest BCUT2D eigenvalue weighted by molar-refractivity contribution is 7.20. The van der Waals surface area contributed by atoms with Crippen LogP contribution in [0, 0.1) is 6.92 Å². The molecule has 0 spiro atoms. The van der Waals surface area contributed by atoms with E-state index in [-0.39, 0.29) is 17.5 Å². The Bertz CT molecular complexity index is 930. The maximum absolute atomic E-state index is 12.6. The number of rotatable bonds is 3. The van der Waals surface area contributed by atoms with Crippen molar-refractivity contribution in [2.45, 2.75) is 19.9 Å². The second-order valence-corrected chi connectivity index (χ2v) is 6.37. The van der Waals surface area contributed by atoms with Crippen molar-refractivity contribution in [2.75, 3.05) is 0 Å². The Morgan fingerprint density at radius 1 is 1.35 bits per heavy atom. The summed E-state index contributed by atoms with van der Waals surface area (Å²) in [6.45, 7) is 3.70. The fourth-order valence-corrected chi connectivity index (χ4v) is 3.47. The average Bonchev–Trinajstić information content (AvgIpc) is 2.89. The van der Waals surface area contributed by atoms with E-state index in [1.807, 2.05) is 19.1 Å². The minimum Gasteiger partial charge on any atom is -0.345 e. The zero-order valence-electron chi connectivity index (χ0n) is 13.0. The minimum absolute atomic E-state index is 0.134. The first-order valence-corrected chi connectivity index (χ1v) is 7.96. The number of amides is 1. The van der Waals surface area contributed by atoms with E-state index in [4.69, 9.17) is 0 Å². The molecule has 0 fully saturated rings. The molecular weight excluding hydrogens is 312 g/mol. The number of carbonyl (C=O) groups excluding carboxylic acids is 1. The van der Waals surface area contributed by atoms with Gasteiger partial charge in [-0.1, -0.05) is 0 Å². The molecule has 3 heterocycles. The van der Waals surface area contributed by atoms with Crippen molar-refractivity contribution in [3.05, 3.63) is 57.2 Å². The zero-order chi connectivity index (χ0) is 16.6. The number of hydrogen-bond acceptors (Lipinski definition) is 5. The Morgan fingerprint density at radius 3 is 2.74 bits per heavy atom. The first-order valence-electron chi connectivity index (χ1n) is 7.14. The van der Waals surface area contributed by atoms with Gasteiger partial charge in [-0.15, -0.1) is 11.3 Å². The molecule has 0 radical (unpaired) electrons. The smallest absolute Gasteiger partial charge is 0.262 e. The van der Waals surface area contributed by atoms with Gasteiger partial charge < -0.3 is 9.88 Å². The molecule has 3 aromatic rings. The summed E-state index contributed by atoms with van der Waals surface area (Å²) in [7, 11) is 1.65. The van der Waals surface area contributed by atoms with Crippen molar-refractivity contribution in [1.29, 1.82) is 0 Å². The van der Waals surface area contributed by atoms with Gasteiger partial charge in [-0.2, -0.15) is 0 Å². The number of nitrogens with one attached hydrogen (secondary N) is 1. The predicted molar refractivity (Wildman–Crippen MR) is 89.7 cm³/mol. The molecule has 1 amide bonds. The van der Waals surface area contributed by atoms with Crippen LogP contribution in [0.3, 0.4) is 0 Å². The molecular formula is C16H16N4O2S. The molecule has 1 atom stereocenters. The van der Waals surface area contributed by atoms with E-state index in [9.17, 15) is 9.59 Å². The molecule has 3 aromatic heterocycles.